The molecule has 1 aromatic carbocycles. The van der Waals surface area contributed by atoms with Gasteiger partial charge in [-0.1, -0.05) is 27.5 Å². The Balaban J connectivity index is 2.08. The molecule has 1 aliphatic rings. The van der Waals surface area contributed by atoms with Gasteiger partial charge in [0.15, 0.2) is 0 Å². The van der Waals surface area contributed by atoms with Gasteiger partial charge in [0.25, 0.3) is 5.91 Å². The molecule has 2 aromatic rings. The lowest BCUT2D eigenvalue weighted by Crippen LogP contribution is -2.36. The highest BCUT2D eigenvalue weighted by Gasteiger charge is 2.32. The Bertz CT molecular complexity index is 821. The van der Waals surface area contributed by atoms with Gasteiger partial charge < -0.3 is 4.90 Å². The van der Waals surface area contributed by atoms with Crippen LogP contribution in [0.3, 0.4) is 0 Å². The first-order chi connectivity index (χ1) is 10.9. The minimum atomic E-state index is -0.598. The van der Waals surface area contributed by atoms with E-state index in [4.69, 9.17) is 11.6 Å². The molecule has 3 rings (SSSR count). The van der Waals surface area contributed by atoms with E-state index in [1.165, 1.54) is 15.8 Å². The normalized spacial score (nSPS) is 13.8. The summed E-state index contributed by atoms with van der Waals surface area (Å²) in [6, 6.07) is 3.48. The molecule has 0 fully saturated rings. The van der Waals surface area contributed by atoms with Crippen LogP contribution < -0.4 is 4.90 Å². The van der Waals surface area contributed by atoms with E-state index in [2.05, 4.69) is 21.0 Å². The number of hydrogen-bond acceptors (Lipinski definition) is 4. The van der Waals surface area contributed by atoms with E-state index >= 15 is 0 Å². The molecule has 120 valence electrons. The summed E-state index contributed by atoms with van der Waals surface area (Å²) in [6.07, 6.45) is 2.80. The highest BCUT2D eigenvalue weighted by molar-refractivity contribution is 9.10. The van der Waals surface area contributed by atoms with E-state index in [0.29, 0.717) is 17.3 Å². The predicted molar refractivity (Wildman–Crippen MR) is 89.0 cm³/mol. The van der Waals surface area contributed by atoms with Crippen molar-refractivity contribution in [1.29, 1.82) is 0 Å². The molecule has 0 radical (unpaired) electrons. The maximum atomic E-state index is 12.8. The molecular formula is C14H12BrClN4O3. The molecule has 0 saturated heterocycles. The molecule has 9 heteroatoms. The number of nitro groups is 1. The average Bonchev–Trinajstić information content (AvgIpc) is 2.88. The molecule has 2 heterocycles. The van der Waals surface area contributed by atoms with Crippen LogP contribution in [0, 0.1) is 10.1 Å². The quantitative estimate of drug-likeness (QED) is 0.573. The number of rotatable bonds is 2. The van der Waals surface area contributed by atoms with Crippen molar-refractivity contribution in [3.63, 3.8) is 0 Å². The minimum Gasteiger partial charge on any atom is -0.306 e. The van der Waals surface area contributed by atoms with Crippen LogP contribution in [-0.2, 0) is 13.5 Å². The molecule has 23 heavy (non-hydrogen) atoms. The molecular weight excluding hydrogens is 388 g/mol. The number of carbonyl (C=O) groups excluding carboxylic acids is 1. The molecule has 0 N–H and O–H groups in total. The molecule has 1 amide bonds. The highest BCUT2D eigenvalue weighted by Crippen LogP contribution is 2.37. The van der Waals surface area contributed by atoms with Gasteiger partial charge in [0.05, 0.1) is 4.92 Å². The van der Waals surface area contributed by atoms with Crippen molar-refractivity contribution in [2.75, 3.05) is 11.4 Å². The zero-order valence-electron chi connectivity index (χ0n) is 12.1. The van der Waals surface area contributed by atoms with E-state index in [9.17, 15) is 14.9 Å². The van der Waals surface area contributed by atoms with Crippen molar-refractivity contribution in [2.45, 2.75) is 12.8 Å². The summed E-state index contributed by atoms with van der Waals surface area (Å²) in [5, 5.41) is 15.6. The molecule has 0 unspecified atom stereocenters. The van der Waals surface area contributed by atoms with Gasteiger partial charge in [-0.15, -0.1) is 0 Å². The number of aryl methyl sites for hydroxylation is 1. The van der Waals surface area contributed by atoms with Crippen LogP contribution in [0.5, 0.6) is 0 Å². The van der Waals surface area contributed by atoms with Gasteiger partial charge in [-0.3, -0.25) is 19.6 Å². The summed E-state index contributed by atoms with van der Waals surface area (Å²) in [7, 11) is 1.54. The predicted octanol–water partition coefficient (Wildman–Crippen LogP) is 3.34. The number of aromatic nitrogens is 2. The number of hydrogen-bond donors (Lipinski definition) is 0. The molecule has 0 saturated carbocycles. The fraction of sp³-hybridized carbons (Fsp3) is 0.286. The third kappa shape index (κ3) is 2.84. The monoisotopic (exact) mass is 398 g/mol. The van der Waals surface area contributed by atoms with Crippen molar-refractivity contribution >= 4 is 44.8 Å². The summed E-state index contributed by atoms with van der Waals surface area (Å²) in [4.78, 5) is 24.8. The first-order valence-corrected chi connectivity index (χ1v) is 8.03. The number of carbonyl (C=O) groups is 1. The summed E-state index contributed by atoms with van der Waals surface area (Å²) < 4.78 is 2.09. The summed E-state index contributed by atoms with van der Waals surface area (Å²) in [6.45, 7) is 0.465. The van der Waals surface area contributed by atoms with Crippen molar-refractivity contribution in [3.05, 3.63) is 49.2 Å². The first-order valence-electron chi connectivity index (χ1n) is 6.86. The fourth-order valence-electron chi connectivity index (χ4n) is 2.71. The number of halogens is 2. The molecule has 1 aliphatic heterocycles. The van der Waals surface area contributed by atoms with E-state index in [-0.39, 0.29) is 11.4 Å². The Morgan fingerprint density at radius 3 is 2.91 bits per heavy atom. The number of fused-ring (bicyclic) bond motifs is 1. The van der Waals surface area contributed by atoms with Crippen LogP contribution >= 0.6 is 27.5 Å². The second-order valence-electron chi connectivity index (χ2n) is 5.24. The fourth-order valence-corrected chi connectivity index (χ4v) is 3.71. The van der Waals surface area contributed by atoms with E-state index in [0.717, 1.165) is 22.9 Å². The van der Waals surface area contributed by atoms with Crippen LogP contribution in [-0.4, -0.2) is 27.2 Å². The van der Waals surface area contributed by atoms with Gasteiger partial charge in [0, 0.05) is 28.8 Å². The number of nitrogens with zero attached hydrogens (tertiary/aromatic N) is 4. The van der Waals surface area contributed by atoms with Gasteiger partial charge in [-0.25, -0.2) is 0 Å². The van der Waals surface area contributed by atoms with E-state index in [1.807, 2.05) is 0 Å². The standard InChI is InChI=1S/C14H12BrClN4O3/c1-18-7-12(20(22)23)13(17-18)14(21)19-4-2-3-9-10(15)5-8(16)6-11(9)19/h5-7H,2-4H2,1H3. The van der Waals surface area contributed by atoms with E-state index < -0.39 is 10.8 Å². The minimum absolute atomic E-state index is 0.165. The molecule has 7 nitrogen and oxygen atoms in total. The topological polar surface area (TPSA) is 81.3 Å². The molecule has 0 atom stereocenters. The highest BCUT2D eigenvalue weighted by atomic mass is 79.9. The van der Waals surface area contributed by atoms with Gasteiger partial charge in [-0.2, -0.15) is 5.10 Å². The van der Waals surface area contributed by atoms with Crippen molar-refractivity contribution < 1.29 is 9.72 Å². The third-order valence-electron chi connectivity index (χ3n) is 3.69. The number of amides is 1. The maximum Gasteiger partial charge on any atom is 0.320 e. The van der Waals surface area contributed by atoms with Crippen LogP contribution in [0.25, 0.3) is 0 Å². The van der Waals surface area contributed by atoms with Gasteiger partial charge in [0.2, 0.25) is 5.69 Å². The van der Waals surface area contributed by atoms with Crippen molar-refractivity contribution in [3.8, 4) is 0 Å². The summed E-state index contributed by atoms with van der Waals surface area (Å²) in [5.41, 5.74) is 1.17. The third-order valence-corrected chi connectivity index (χ3v) is 4.62. The Labute approximate surface area is 145 Å². The summed E-state index contributed by atoms with van der Waals surface area (Å²) in [5.74, 6) is -0.493. The van der Waals surface area contributed by atoms with Crippen LogP contribution in [0.15, 0.2) is 22.8 Å². The number of benzene rings is 1. The second-order valence-corrected chi connectivity index (χ2v) is 6.53. The SMILES string of the molecule is Cn1cc([N+](=O)[O-])c(C(=O)N2CCCc3c(Br)cc(Cl)cc32)n1. The van der Waals surface area contributed by atoms with Crippen LogP contribution in [0.1, 0.15) is 22.5 Å². The molecule has 0 bridgehead atoms. The van der Waals surface area contributed by atoms with Gasteiger partial charge in [-0.05, 0) is 30.5 Å². The lowest BCUT2D eigenvalue weighted by molar-refractivity contribution is -0.385. The second kappa shape index (κ2) is 5.93. The largest absolute Gasteiger partial charge is 0.320 e. The van der Waals surface area contributed by atoms with Crippen LogP contribution in [0.4, 0.5) is 11.4 Å². The van der Waals surface area contributed by atoms with Crippen LogP contribution in [0.2, 0.25) is 5.02 Å². The zero-order valence-corrected chi connectivity index (χ0v) is 14.5. The maximum absolute atomic E-state index is 12.8. The Kier molecular flexibility index (Phi) is 4.11. The van der Waals surface area contributed by atoms with Gasteiger partial charge >= 0.3 is 5.69 Å². The Morgan fingerprint density at radius 2 is 2.22 bits per heavy atom. The Morgan fingerprint density at radius 1 is 1.48 bits per heavy atom. The number of anilines is 1. The van der Waals surface area contributed by atoms with Gasteiger partial charge in [0.1, 0.15) is 6.20 Å². The smallest absolute Gasteiger partial charge is 0.306 e. The lowest BCUT2D eigenvalue weighted by atomic mass is 10.0. The Hall–Kier alpha value is -1.93. The van der Waals surface area contributed by atoms with Crippen molar-refractivity contribution in [2.24, 2.45) is 7.05 Å². The molecule has 0 aliphatic carbocycles. The first kappa shape index (κ1) is 15.9. The zero-order chi connectivity index (χ0) is 16.7. The van der Waals surface area contributed by atoms with Crippen molar-refractivity contribution in [1.82, 2.24) is 9.78 Å². The summed E-state index contributed by atoms with van der Waals surface area (Å²) >= 11 is 9.54. The molecule has 0 spiro atoms. The van der Waals surface area contributed by atoms with E-state index in [1.54, 1.807) is 19.2 Å². The lowest BCUT2D eigenvalue weighted by Gasteiger charge is -2.29. The average molecular weight is 400 g/mol. The molecule has 1 aromatic heterocycles.